The van der Waals surface area contributed by atoms with E-state index < -0.39 is 0 Å². The minimum absolute atomic E-state index is 0.161. The van der Waals surface area contributed by atoms with Crippen LogP contribution in [0.2, 0.25) is 0 Å². The fourth-order valence-corrected chi connectivity index (χ4v) is 2.27. The van der Waals surface area contributed by atoms with E-state index in [0.29, 0.717) is 17.2 Å². The van der Waals surface area contributed by atoms with Crippen molar-refractivity contribution >= 4 is 17.4 Å². The molecule has 1 N–H and O–H groups in total. The molecule has 0 radical (unpaired) electrons. The molecule has 0 saturated heterocycles. The number of amides is 1. The third kappa shape index (κ3) is 2.57. The van der Waals surface area contributed by atoms with Crippen molar-refractivity contribution in [1.29, 1.82) is 0 Å². The predicted octanol–water partition coefficient (Wildman–Crippen LogP) is 2.38. The first kappa shape index (κ1) is 14.2. The van der Waals surface area contributed by atoms with Gasteiger partial charge in [0.05, 0.1) is 5.69 Å². The number of carbonyl (C=O) groups excluding carboxylic acids is 1. The number of carbonyl (C=O) groups is 1. The number of nitrogens with one attached hydrogen (secondary N) is 1. The van der Waals surface area contributed by atoms with Crippen LogP contribution in [-0.2, 0) is 0 Å². The van der Waals surface area contributed by atoms with Gasteiger partial charge in [-0.25, -0.2) is 14.2 Å². The second-order valence-corrected chi connectivity index (χ2v) is 5.63. The molecule has 114 valence electrons. The van der Waals surface area contributed by atoms with Gasteiger partial charge in [0.25, 0.3) is 5.91 Å². The van der Waals surface area contributed by atoms with Crippen LogP contribution < -0.4 is 5.32 Å². The molecule has 0 saturated carbocycles. The van der Waals surface area contributed by atoms with Crippen molar-refractivity contribution in [1.82, 2.24) is 24.4 Å². The van der Waals surface area contributed by atoms with E-state index in [0.717, 1.165) is 11.3 Å². The average molecular weight is 298 g/mol. The van der Waals surface area contributed by atoms with Crippen LogP contribution in [0.4, 0.5) is 5.82 Å². The first-order chi connectivity index (χ1) is 10.4. The van der Waals surface area contributed by atoms with Gasteiger partial charge in [-0.3, -0.25) is 4.79 Å². The summed E-state index contributed by atoms with van der Waals surface area (Å²) in [6.07, 6.45) is 3.58. The second-order valence-electron chi connectivity index (χ2n) is 5.63. The van der Waals surface area contributed by atoms with Crippen LogP contribution in [0.1, 0.15) is 41.6 Å². The molecule has 22 heavy (non-hydrogen) atoms. The molecule has 0 aliphatic carbocycles. The van der Waals surface area contributed by atoms with E-state index in [4.69, 9.17) is 0 Å². The Morgan fingerprint density at radius 2 is 2.00 bits per heavy atom. The summed E-state index contributed by atoms with van der Waals surface area (Å²) in [5.41, 5.74) is 2.81. The van der Waals surface area contributed by atoms with Crippen molar-refractivity contribution in [2.24, 2.45) is 0 Å². The summed E-state index contributed by atoms with van der Waals surface area (Å²) in [5.74, 6) is 0.392. The molecule has 3 rings (SSSR count). The summed E-state index contributed by atoms with van der Waals surface area (Å²) < 4.78 is 3.39. The summed E-state index contributed by atoms with van der Waals surface area (Å²) in [6, 6.07) is 3.67. The molecule has 0 aliphatic heterocycles. The Hall–Kier alpha value is -2.70. The van der Waals surface area contributed by atoms with E-state index in [1.807, 2.05) is 40.0 Å². The van der Waals surface area contributed by atoms with Gasteiger partial charge in [0.1, 0.15) is 5.82 Å². The maximum atomic E-state index is 12.4. The lowest BCUT2D eigenvalue weighted by molar-refractivity contribution is 0.102. The number of aromatic nitrogens is 5. The molecule has 0 unspecified atom stereocenters. The van der Waals surface area contributed by atoms with Gasteiger partial charge in [0.2, 0.25) is 0 Å². The van der Waals surface area contributed by atoms with Crippen LogP contribution in [0.3, 0.4) is 0 Å². The molecule has 1 amide bonds. The number of hydrogen-bond acceptors (Lipinski definition) is 4. The largest absolute Gasteiger partial charge is 0.305 e. The summed E-state index contributed by atoms with van der Waals surface area (Å²) >= 11 is 0. The van der Waals surface area contributed by atoms with Gasteiger partial charge >= 0.3 is 0 Å². The molecule has 0 fully saturated rings. The number of rotatable bonds is 3. The van der Waals surface area contributed by atoms with Crippen LogP contribution in [0, 0.1) is 13.8 Å². The van der Waals surface area contributed by atoms with E-state index in [2.05, 4.69) is 20.5 Å². The van der Waals surface area contributed by atoms with Crippen molar-refractivity contribution in [2.75, 3.05) is 5.32 Å². The molecule has 7 nitrogen and oxygen atoms in total. The highest BCUT2D eigenvalue weighted by molar-refractivity contribution is 6.03. The maximum absolute atomic E-state index is 12.4. The van der Waals surface area contributed by atoms with Crippen molar-refractivity contribution in [3.05, 3.63) is 41.5 Å². The fourth-order valence-electron chi connectivity index (χ4n) is 2.27. The predicted molar refractivity (Wildman–Crippen MR) is 83.0 cm³/mol. The molecule has 3 aromatic rings. The highest BCUT2D eigenvalue weighted by Crippen LogP contribution is 2.17. The minimum atomic E-state index is -0.273. The van der Waals surface area contributed by atoms with Gasteiger partial charge in [0, 0.05) is 30.6 Å². The summed E-state index contributed by atoms with van der Waals surface area (Å²) in [5, 5.41) is 11.5. The van der Waals surface area contributed by atoms with E-state index in [1.165, 1.54) is 0 Å². The Labute approximate surface area is 128 Å². The summed E-state index contributed by atoms with van der Waals surface area (Å²) in [4.78, 5) is 16.6. The zero-order chi connectivity index (χ0) is 15.9. The SMILES string of the molecule is Cc1cnc2cc(C(=O)Nc3cc(C)nn3C(C)C)nn2c1. The van der Waals surface area contributed by atoms with Gasteiger partial charge in [-0.15, -0.1) is 0 Å². The number of hydrogen-bond donors (Lipinski definition) is 1. The van der Waals surface area contributed by atoms with Gasteiger partial charge in [-0.05, 0) is 33.3 Å². The molecule has 7 heteroatoms. The topological polar surface area (TPSA) is 77.1 Å². The maximum Gasteiger partial charge on any atom is 0.277 e. The third-order valence-corrected chi connectivity index (χ3v) is 3.26. The molecule has 3 aromatic heterocycles. The van der Waals surface area contributed by atoms with Crippen molar-refractivity contribution < 1.29 is 4.79 Å². The normalized spacial score (nSPS) is 11.3. The molecule has 0 atom stereocenters. The highest BCUT2D eigenvalue weighted by Gasteiger charge is 2.16. The van der Waals surface area contributed by atoms with Crippen LogP contribution in [-0.4, -0.2) is 30.3 Å². The Bertz CT molecular complexity index is 845. The molecular formula is C15H18N6O. The second kappa shape index (κ2) is 5.25. The fraction of sp³-hybridized carbons (Fsp3) is 0.333. The van der Waals surface area contributed by atoms with Gasteiger partial charge in [-0.1, -0.05) is 0 Å². The number of fused-ring (bicyclic) bond motifs is 1. The van der Waals surface area contributed by atoms with Gasteiger partial charge in [-0.2, -0.15) is 10.2 Å². The van der Waals surface area contributed by atoms with Crippen LogP contribution in [0.5, 0.6) is 0 Å². The standard InChI is InChI=1S/C15H18N6O/c1-9(2)21-14(5-11(4)18-21)17-15(22)12-6-13-16-7-10(3)8-20(13)19-12/h5-9H,1-4H3,(H,17,22). The third-order valence-electron chi connectivity index (χ3n) is 3.26. The number of aryl methyl sites for hydroxylation is 2. The lowest BCUT2D eigenvalue weighted by Gasteiger charge is -2.10. The average Bonchev–Trinajstić information content (AvgIpc) is 3.01. The summed E-state index contributed by atoms with van der Waals surface area (Å²) in [6.45, 7) is 7.85. The minimum Gasteiger partial charge on any atom is -0.305 e. The lowest BCUT2D eigenvalue weighted by Crippen LogP contribution is -2.17. The van der Waals surface area contributed by atoms with Gasteiger partial charge in [0.15, 0.2) is 11.3 Å². The van der Waals surface area contributed by atoms with Crippen LogP contribution >= 0.6 is 0 Å². The molecule has 0 aliphatic rings. The smallest absolute Gasteiger partial charge is 0.277 e. The first-order valence-corrected chi connectivity index (χ1v) is 7.13. The Balaban J connectivity index is 1.90. The Kier molecular flexibility index (Phi) is 3.40. The van der Waals surface area contributed by atoms with E-state index >= 15 is 0 Å². The van der Waals surface area contributed by atoms with Crippen molar-refractivity contribution in [2.45, 2.75) is 33.7 Å². The zero-order valence-corrected chi connectivity index (χ0v) is 13.0. The quantitative estimate of drug-likeness (QED) is 0.805. The van der Waals surface area contributed by atoms with E-state index in [9.17, 15) is 4.79 Å². The molecular weight excluding hydrogens is 280 g/mol. The van der Waals surface area contributed by atoms with Crippen LogP contribution in [0.15, 0.2) is 24.5 Å². The molecule has 0 aromatic carbocycles. The van der Waals surface area contributed by atoms with Crippen LogP contribution in [0.25, 0.3) is 5.65 Å². The molecule has 3 heterocycles. The zero-order valence-electron chi connectivity index (χ0n) is 13.0. The Morgan fingerprint density at radius 3 is 2.73 bits per heavy atom. The number of anilines is 1. The van der Waals surface area contributed by atoms with Crippen molar-refractivity contribution in [3.63, 3.8) is 0 Å². The molecule has 0 bridgehead atoms. The van der Waals surface area contributed by atoms with E-state index in [-0.39, 0.29) is 11.9 Å². The summed E-state index contributed by atoms with van der Waals surface area (Å²) in [7, 11) is 0. The number of nitrogens with zero attached hydrogens (tertiary/aromatic N) is 5. The lowest BCUT2D eigenvalue weighted by atomic mass is 10.3. The van der Waals surface area contributed by atoms with Crippen molar-refractivity contribution in [3.8, 4) is 0 Å². The first-order valence-electron chi connectivity index (χ1n) is 7.13. The van der Waals surface area contributed by atoms with E-state index in [1.54, 1.807) is 21.5 Å². The molecule has 0 spiro atoms. The van der Waals surface area contributed by atoms with Gasteiger partial charge < -0.3 is 5.32 Å². The Morgan fingerprint density at radius 1 is 1.23 bits per heavy atom. The monoisotopic (exact) mass is 298 g/mol. The highest BCUT2D eigenvalue weighted by atomic mass is 16.2.